The van der Waals surface area contributed by atoms with E-state index in [1.165, 1.54) is 5.56 Å². The minimum atomic E-state index is 0.500. The fraction of sp³-hybridized carbons (Fsp3) is 0.400. The van der Waals surface area contributed by atoms with Gasteiger partial charge in [-0.05, 0) is 36.5 Å². The molecular formula is C15H18BrClN2. The molecule has 0 bridgehead atoms. The lowest BCUT2D eigenvalue weighted by molar-refractivity contribution is 0.523. The molecule has 19 heavy (non-hydrogen) atoms. The molecule has 0 saturated carbocycles. The lowest BCUT2D eigenvalue weighted by Gasteiger charge is -2.14. The van der Waals surface area contributed by atoms with Gasteiger partial charge in [-0.2, -0.15) is 0 Å². The number of hydrogen-bond donors (Lipinski definition) is 0. The van der Waals surface area contributed by atoms with E-state index in [-0.39, 0.29) is 0 Å². The molecule has 102 valence electrons. The first kappa shape index (κ1) is 14.6. The number of aromatic nitrogens is 2. The van der Waals surface area contributed by atoms with Gasteiger partial charge in [-0.3, -0.25) is 0 Å². The topological polar surface area (TPSA) is 17.8 Å². The molecule has 1 aromatic heterocycles. The molecule has 2 rings (SSSR count). The van der Waals surface area contributed by atoms with Crippen LogP contribution in [0, 0.1) is 5.92 Å². The van der Waals surface area contributed by atoms with Crippen LogP contribution in [0.15, 0.2) is 41.1 Å². The number of hydrogen-bond acceptors (Lipinski definition) is 1. The summed E-state index contributed by atoms with van der Waals surface area (Å²) in [5.74, 6) is 2.32. The van der Waals surface area contributed by atoms with Crippen molar-refractivity contribution in [1.82, 2.24) is 9.55 Å². The van der Waals surface area contributed by atoms with Crippen LogP contribution in [0.25, 0.3) is 0 Å². The highest BCUT2D eigenvalue weighted by molar-refractivity contribution is 9.10. The van der Waals surface area contributed by atoms with Gasteiger partial charge in [0.05, 0.1) is 0 Å². The summed E-state index contributed by atoms with van der Waals surface area (Å²) in [6.45, 7) is 0. The Bertz CT molecular complexity index is 507. The first-order valence-electron chi connectivity index (χ1n) is 6.45. The van der Waals surface area contributed by atoms with Crippen molar-refractivity contribution in [2.24, 2.45) is 13.0 Å². The van der Waals surface area contributed by atoms with Crippen molar-refractivity contribution in [2.45, 2.75) is 19.3 Å². The molecule has 2 nitrogen and oxygen atoms in total. The van der Waals surface area contributed by atoms with Crippen molar-refractivity contribution in [3.63, 3.8) is 0 Å². The van der Waals surface area contributed by atoms with E-state index in [0.29, 0.717) is 11.8 Å². The molecular weight excluding hydrogens is 324 g/mol. The molecule has 1 aromatic carbocycles. The van der Waals surface area contributed by atoms with E-state index in [0.717, 1.165) is 29.6 Å². The quantitative estimate of drug-likeness (QED) is 0.720. The van der Waals surface area contributed by atoms with E-state index in [9.17, 15) is 0 Å². The average Bonchev–Trinajstić information content (AvgIpc) is 2.82. The maximum Gasteiger partial charge on any atom is 0.108 e. The summed E-state index contributed by atoms with van der Waals surface area (Å²) < 4.78 is 3.19. The normalized spacial score (nSPS) is 12.6. The highest BCUT2D eigenvalue weighted by atomic mass is 79.9. The van der Waals surface area contributed by atoms with Gasteiger partial charge in [-0.25, -0.2) is 4.98 Å². The van der Waals surface area contributed by atoms with Crippen LogP contribution < -0.4 is 0 Å². The Hall–Kier alpha value is -0.800. The Kier molecular flexibility index (Phi) is 5.46. The molecule has 0 amide bonds. The molecule has 0 fully saturated rings. The zero-order valence-electron chi connectivity index (χ0n) is 11.0. The number of benzene rings is 1. The molecule has 1 unspecified atom stereocenters. The van der Waals surface area contributed by atoms with E-state index >= 15 is 0 Å². The SMILES string of the molecule is Cn1ccnc1CCC(CCl)Cc1ccc(Br)cc1. The van der Waals surface area contributed by atoms with E-state index < -0.39 is 0 Å². The zero-order valence-corrected chi connectivity index (χ0v) is 13.4. The van der Waals surface area contributed by atoms with Gasteiger partial charge in [0, 0.05) is 36.2 Å². The van der Waals surface area contributed by atoms with Crippen LogP contribution in [0.4, 0.5) is 0 Å². The molecule has 1 atom stereocenters. The minimum absolute atomic E-state index is 0.500. The van der Waals surface area contributed by atoms with Crippen molar-refractivity contribution < 1.29 is 0 Å². The largest absolute Gasteiger partial charge is 0.338 e. The third-order valence-corrected chi connectivity index (χ3v) is 4.32. The number of aryl methyl sites for hydroxylation is 2. The highest BCUT2D eigenvalue weighted by Crippen LogP contribution is 2.18. The maximum absolute atomic E-state index is 6.09. The van der Waals surface area contributed by atoms with Gasteiger partial charge >= 0.3 is 0 Å². The standard InChI is InChI=1S/C15H18BrClN2/c1-19-9-8-18-15(19)7-4-13(11-17)10-12-2-5-14(16)6-3-12/h2-3,5-6,8-9,13H,4,7,10-11H2,1H3. The number of rotatable bonds is 6. The molecule has 1 heterocycles. The predicted molar refractivity (Wildman–Crippen MR) is 83.6 cm³/mol. The van der Waals surface area contributed by atoms with Gasteiger partial charge in [0.2, 0.25) is 0 Å². The Morgan fingerprint density at radius 2 is 2.05 bits per heavy atom. The van der Waals surface area contributed by atoms with Crippen molar-refractivity contribution in [1.29, 1.82) is 0 Å². The molecule has 0 saturated heterocycles. The van der Waals surface area contributed by atoms with E-state index in [4.69, 9.17) is 11.6 Å². The third kappa shape index (κ3) is 4.36. The number of alkyl halides is 1. The molecule has 4 heteroatoms. The van der Waals surface area contributed by atoms with Gasteiger partial charge in [-0.1, -0.05) is 28.1 Å². The first-order valence-corrected chi connectivity index (χ1v) is 7.78. The van der Waals surface area contributed by atoms with Crippen LogP contribution in [0.5, 0.6) is 0 Å². The van der Waals surface area contributed by atoms with Crippen molar-refractivity contribution in [3.8, 4) is 0 Å². The Labute approximate surface area is 127 Å². The van der Waals surface area contributed by atoms with Crippen LogP contribution in [0.3, 0.4) is 0 Å². The molecule has 0 radical (unpaired) electrons. The fourth-order valence-electron chi connectivity index (χ4n) is 2.16. The van der Waals surface area contributed by atoms with Crippen molar-refractivity contribution in [2.75, 3.05) is 5.88 Å². The summed E-state index contributed by atoms with van der Waals surface area (Å²) in [6, 6.07) is 8.48. The average molecular weight is 342 g/mol. The number of halogens is 2. The Morgan fingerprint density at radius 1 is 1.32 bits per heavy atom. The number of nitrogens with zero attached hydrogens (tertiary/aromatic N) is 2. The maximum atomic E-state index is 6.09. The summed E-state index contributed by atoms with van der Waals surface area (Å²) in [5.41, 5.74) is 1.34. The zero-order chi connectivity index (χ0) is 13.7. The van der Waals surface area contributed by atoms with Crippen LogP contribution in [-0.2, 0) is 19.9 Å². The van der Waals surface area contributed by atoms with Crippen LogP contribution >= 0.6 is 27.5 Å². The second-order valence-corrected chi connectivity index (χ2v) is 6.07. The van der Waals surface area contributed by atoms with Gasteiger partial charge < -0.3 is 4.57 Å². The van der Waals surface area contributed by atoms with E-state index in [2.05, 4.69) is 49.7 Å². The fourth-order valence-corrected chi connectivity index (χ4v) is 2.69. The van der Waals surface area contributed by atoms with E-state index in [1.807, 2.05) is 19.4 Å². The van der Waals surface area contributed by atoms with Crippen LogP contribution in [0.1, 0.15) is 17.8 Å². The lowest BCUT2D eigenvalue weighted by Crippen LogP contribution is -2.09. The molecule has 0 aliphatic rings. The summed E-state index contributed by atoms with van der Waals surface area (Å²) in [4.78, 5) is 4.35. The monoisotopic (exact) mass is 340 g/mol. The smallest absolute Gasteiger partial charge is 0.108 e. The lowest BCUT2D eigenvalue weighted by atomic mass is 9.96. The van der Waals surface area contributed by atoms with Gasteiger partial charge in [0.15, 0.2) is 0 Å². The van der Waals surface area contributed by atoms with E-state index in [1.54, 1.807) is 0 Å². The Morgan fingerprint density at radius 3 is 2.63 bits per heavy atom. The molecule has 0 N–H and O–H groups in total. The molecule has 0 spiro atoms. The van der Waals surface area contributed by atoms with Crippen LogP contribution in [-0.4, -0.2) is 15.4 Å². The Balaban J connectivity index is 1.90. The third-order valence-electron chi connectivity index (χ3n) is 3.35. The minimum Gasteiger partial charge on any atom is -0.338 e. The van der Waals surface area contributed by atoms with Gasteiger partial charge in [-0.15, -0.1) is 11.6 Å². The van der Waals surface area contributed by atoms with Crippen LogP contribution in [0.2, 0.25) is 0 Å². The van der Waals surface area contributed by atoms with Crippen molar-refractivity contribution >= 4 is 27.5 Å². The predicted octanol–water partition coefficient (Wildman–Crippen LogP) is 4.21. The van der Waals surface area contributed by atoms with Gasteiger partial charge in [0.1, 0.15) is 5.82 Å². The summed E-state index contributed by atoms with van der Waals surface area (Å²) in [6.07, 6.45) is 6.92. The summed E-state index contributed by atoms with van der Waals surface area (Å²) in [7, 11) is 2.03. The summed E-state index contributed by atoms with van der Waals surface area (Å²) >= 11 is 9.55. The molecule has 0 aliphatic carbocycles. The molecule has 2 aromatic rings. The second-order valence-electron chi connectivity index (χ2n) is 4.84. The first-order chi connectivity index (χ1) is 9.19. The van der Waals surface area contributed by atoms with Crippen molar-refractivity contribution in [3.05, 3.63) is 52.5 Å². The molecule has 0 aliphatic heterocycles. The number of imidazole rings is 1. The van der Waals surface area contributed by atoms with Gasteiger partial charge in [0.25, 0.3) is 0 Å². The highest BCUT2D eigenvalue weighted by Gasteiger charge is 2.10. The summed E-state index contributed by atoms with van der Waals surface area (Å²) in [5, 5.41) is 0. The second kappa shape index (κ2) is 7.11.